The maximum atomic E-state index is 11.3. The van der Waals surface area contributed by atoms with Crippen LogP contribution in [0.5, 0.6) is 11.7 Å². The van der Waals surface area contributed by atoms with Crippen molar-refractivity contribution in [3.63, 3.8) is 0 Å². The van der Waals surface area contributed by atoms with Crippen molar-refractivity contribution < 1.29 is 24.2 Å². The van der Waals surface area contributed by atoms with E-state index in [1.807, 2.05) is 0 Å². The Morgan fingerprint density at radius 2 is 2.06 bits per heavy atom. The number of methoxy groups -OCH3 is 1. The van der Waals surface area contributed by atoms with Crippen LogP contribution in [0.15, 0.2) is 28.8 Å². The summed E-state index contributed by atoms with van der Waals surface area (Å²) in [5, 5.41) is 24.4. The number of aliphatic hydroxyl groups is 1. The molecule has 0 aliphatic rings. The van der Waals surface area contributed by atoms with E-state index < -0.39 is 12.1 Å². The summed E-state index contributed by atoms with van der Waals surface area (Å²) < 4.78 is 10.8. The Morgan fingerprint density at radius 3 is 2.59 bits per heavy atom. The van der Waals surface area contributed by atoms with Gasteiger partial charge in [0.15, 0.2) is 5.95 Å². The Kier molecular flexibility index (Phi) is 2.97. The van der Waals surface area contributed by atoms with E-state index in [4.69, 9.17) is 4.74 Å². The summed E-state index contributed by atoms with van der Waals surface area (Å²) in [4.78, 5) is 0. The van der Waals surface area contributed by atoms with Crippen molar-refractivity contribution >= 4 is 0 Å². The van der Waals surface area contributed by atoms with Gasteiger partial charge in [-0.15, -0.1) is 0 Å². The lowest BCUT2D eigenvalue weighted by atomic mass is 10.2. The van der Waals surface area contributed by atoms with Gasteiger partial charge in [-0.2, -0.15) is 0 Å². The van der Waals surface area contributed by atoms with Crippen molar-refractivity contribution in [1.29, 1.82) is 0 Å². The van der Waals surface area contributed by atoms with Crippen molar-refractivity contribution in [3.8, 4) is 17.4 Å². The molecule has 0 bridgehead atoms. The number of ether oxygens (including phenoxy) is 1. The van der Waals surface area contributed by atoms with Gasteiger partial charge in [0.1, 0.15) is 11.9 Å². The Bertz CT molecular complexity index is 505. The number of rotatable bonds is 3. The molecule has 0 aliphatic heterocycles. The Balaban J connectivity index is 2.45. The first-order valence-corrected chi connectivity index (χ1v) is 5.05. The zero-order valence-corrected chi connectivity index (χ0v) is 9.45. The average Bonchev–Trinajstić information content (AvgIpc) is 2.71. The van der Waals surface area contributed by atoms with Gasteiger partial charge in [0, 0.05) is 12.1 Å². The van der Waals surface area contributed by atoms with Crippen molar-refractivity contribution in [2.75, 3.05) is 7.11 Å². The largest absolute Gasteiger partial charge is 0.539 e. The highest BCUT2D eigenvalue weighted by molar-refractivity contribution is 5.31. The van der Waals surface area contributed by atoms with Crippen LogP contribution in [-0.4, -0.2) is 17.5 Å². The van der Waals surface area contributed by atoms with Gasteiger partial charge in [-0.05, 0) is 23.7 Å². The van der Waals surface area contributed by atoms with Crippen molar-refractivity contribution in [2.24, 2.45) is 0 Å². The number of hydrogen-bond acceptors (Lipinski definition) is 5. The highest BCUT2D eigenvalue weighted by Gasteiger charge is 2.24. The van der Waals surface area contributed by atoms with Crippen LogP contribution in [0.1, 0.15) is 18.7 Å². The molecule has 6 heteroatoms. The van der Waals surface area contributed by atoms with Crippen LogP contribution >= 0.6 is 0 Å². The van der Waals surface area contributed by atoms with Crippen LogP contribution in [0.2, 0.25) is 0 Å². The molecule has 1 atom stereocenters. The molecule has 0 saturated heterocycles. The minimum absolute atomic E-state index is 0.0927. The van der Waals surface area contributed by atoms with Gasteiger partial charge in [-0.1, -0.05) is 0 Å². The molecule has 0 aliphatic carbocycles. The third-order valence-corrected chi connectivity index (χ3v) is 2.36. The normalized spacial score (nSPS) is 12.4. The average molecular weight is 236 g/mol. The van der Waals surface area contributed by atoms with Gasteiger partial charge in [-0.3, -0.25) is 0 Å². The van der Waals surface area contributed by atoms with Crippen LogP contribution in [0, 0.1) is 0 Å². The quantitative estimate of drug-likeness (QED) is 0.763. The Morgan fingerprint density at radius 1 is 1.41 bits per heavy atom. The number of aliphatic hydroxyl groups excluding tert-OH is 1. The second kappa shape index (κ2) is 4.42. The second-order valence-corrected chi connectivity index (χ2v) is 3.53. The van der Waals surface area contributed by atoms with Crippen LogP contribution in [0.25, 0.3) is 5.69 Å². The molecule has 90 valence electrons. The molecule has 0 spiro atoms. The fraction of sp³-hybridized carbons (Fsp3) is 0.273. The Hall–Kier alpha value is -2.08. The number of nitrogens with zero attached hydrogens (tertiary/aromatic N) is 2. The van der Waals surface area contributed by atoms with Crippen molar-refractivity contribution in [3.05, 3.63) is 30.0 Å². The van der Waals surface area contributed by atoms with E-state index in [9.17, 15) is 10.2 Å². The predicted molar refractivity (Wildman–Crippen MR) is 54.7 cm³/mol. The van der Waals surface area contributed by atoms with Crippen LogP contribution in [0.3, 0.4) is 0 Å². The van der Waals surface area contributed by atoms with Gasteiger partial charge in [0.05, 0.1) is 12.4 Å². The third kappa shape index (κ3) is 2.07. The molecule has 1 N–H and O–H groups in total. The molecular weight excluding hydrogens is 224 g/mol. The molecule has 1 heterocycles. The molecular formula is C11H12N2O4. The highest BCUT2D eigenvalue weighted by Crippen LogP contribution is 2.19. The summed E-state index contributed by atoms with van der Waals surface area (Å²) in [6.45, 7) is 1.48. The zero-order valence-electron chi connectivity index (χ0n) is 9.45. The summed E-state index contributed by atoms with van der Waals surface area (Å²) in [7, 11) is 1.56. The standard InChI is InChI=1S/C11H12N2O4/c1-7(14)10-11(15)17-12-13(10)8-3-5-9(16-2)6-4-8/h3-7,14H,1-2H3. The predicted octanol–water partition coefficient (Wildman–Crippen LogP) is 0.0868. The maximum absolute atomic E-state index is 11.3. The molecule has 1 aromatic heterocycles. The fourth-order valence-corrected chi connectivity index (χ4v) is 1.51. The first-order valence-electron chi connectivity index (χ1n) is 5.05. The maximum Gasteiger partial charge on any atom is 0.268 e. The molecule has 6 nitrogen and oxygen atoms in total. The van der Waals surface area contributed by atoms with E-state index in [1.165, 1.54) is 11.6 Å². The molecule has 1 unspecified atom stereocenters. The minimum atomic E-state index is -0.948. The van der Waals surface area contributed by atoms with Crippen molar-refractivity contribution in [1.82, 2.24) is 5.27 Å². The molecule has 0 fully saturated rings. The molecule has 1 aromatic carbocycles. The fourth-order valence-electron chi connectivity index (χ4n) is 1.51. The molecule has 0 amide bonds. The number of benzene rings is 1. The summed E-state index contributed by atoms with van der Waals surface area (Å²) in [5.74, 6) is 0.0506. The monoisotopic (exact) mass is 236 g/mol. The van der Waals surface area contributed by atoms with Crippen molar-refractivity contribution in [2.45, 2.75) is 13.0 Å². The SMILES string of the molecule is COc1ccc(-[n+]2noc([O-])c2C(C)O)cc1. The van der Waals surface area contributed by atoms with Gasteiger partial charge >= 0.3 is 0 Å². The first kappa shape index (κ1) is 11.4. The molecule has 0 saturated carbocycles. The zero-order chi connectivity index (χ0) is 12.4. The number of aromatic nitrogens is 2. The van der Waals surface area contributed by atoms with E-state index in [0.29, 0.717) is 11.4 Å². The van der Waals surface area contributed by atoms with E-state index in [1.54, 1.807) is 31.4 Å². The van der Waals surface area contributed by atoms with Gasteiger partial charge in [0.2, 0.25) is 5.69 Å². The lowest BCUT2D eigenvalue weighted by molar-refractivity contribution is -0.680. The summed E-state index contributed by atoms with van der Waals surface area (Å²) in [6, 6.07) is 6.89. The van der Waals surface area contributed by atoms with Gasteiger partial charge < -0.3 is 19.5 Å². The molecule has 2 aromatic rings. The first-order chi connectivity index (χ1) is 8.13. The summed E-state index contributed by atoms with van der Waals surface area (Å²) >= 11 is 0. The summed E-state index contributed by atoms with van der Waals surface area (Å²) in [6.07, 6.45) is -0.948. The molecule has 17 heavy (non-hydrogen) atoms. The van der Waals surface area contributed by atoms with Crippen LogP contribution in [0.4, 0.5) is 0 Å². The smallest absolute Gasteiger partial charge is 0.268 e. The topological polar surface area (TPSA) is 82.4 Å². The highest BCUT2D eigenvalue weighted by atomic mass is 16.6. The van der Waals surface area contributed by atoms with Gasteiger partial charge in [-0.25, -0.2) is 0 Å². The minimum Gasteiger partial charge on any atom is -0.539 e. The van der Waals surface area contributed by atoms with Crippen LogP contribution in [-0.2, 0) is 0 Å². The Labute approximate surface area is 97.6 Å². The summed E-state index contributed by atoms with van der Waals surface area (Å²) in [5.41, 5.74) is 0.711. The molecule has 0 radical (unpaired) electrons. The third-order valence-electron chi connectivity index (χ3n) is 2.36. The van der Waals surface area contributed by atoms with E-state index in [-0.39, 0.29) is 5.69 Å². The van der Waals surface area contributed by atoms with E-state index in [2.05, 4.69) is 9.79 Å². The van der Waals surface area contributed by atoms with Crippen LogP contribution < -0.4 is 14.5 Å². The number of hydrogen-bond donors (Lipinski definition) is 1. The van der Waals surface area contributed by atoms with Gasteiger partial charge in [0.25, 0.3) is 5.69 Å². The van der Waals surface area contributed by atoms with E-state index in [0.717, 1.165) is 0 Å². The second-order valence-electron chi connectivity index (χ2n) is 3.53. The molecule has 2 rings (SSSR count). The van der Waals surface area contributed by atoms with E-state index >= 15 is 0 Å². The lowest BCUT2D eigenvalue weighted by Crippen LogP contribution is -2.37. The lowest BCUT2D eigenvalue weighted by Gasteiger charge is -2.01.